The van der Waals surface area contributed by atoms with Crippen LogP contribution in [0.2, 0.25) is 0 Å². The zero-order valence-corrected chi connectivity index (χ0v) is 17.9. The second kappa shape index (κ2) is 8.58. The Morgan fingerprint density at radius 2 is 1.93 bits per heavy atom. The molecule has 2 aliphatic rings. The minimum atomic E-state index is -0.438. The van der Waals surface area contributed by atoms with Gasteiger partial charge in [-0.3, -0.25) is 14.6 Å². The third-order valence-electron chi connectivity index (χ3n) is 6.54. The monoisotopic (exact) mass is 405 g/mol. The first-order valence-corrected chi connectivity index (χ1v) is 11.1. The van der Waals surface area contributed by atoms with Gasteiger partial charge in [-0.1, -0.05) is 57.4 Å². The van der Waals surface area contributed by atoms with Crippen LogP contribution in [0.25, 0.3) is 0 Å². The average Bonchev–Trinajstić information content (AvgIpc) is 2.77. The zero-order chi connectivity index (χ0) is 21.1. The molecule has 2 amide bonds. The third kappa shape index (κ3) is 3.73. The Morgan fingerprint density at radius 3 is 2.63 bits per heavy atom. The van der Waals surface area contributed by atoms with Crippen molar-refractivity contribution in [3.63, 3.8) is 0 Å². The van der Waals surface area contributed by atoms with Crippen molar-refractivity contribution >= 4 is 11.8 Å². The molecular formula is C25H31N3O2. The maximum absolute atomic E-state index is 13.7. The highest BCUT2D eigenvalue weighted by molar-refractivity contribution is 6.02. The molecule has 1 aromatic heterocycles. The van der Waals surface area contributed by atoms with Crippen LogP contribution in [0, 0.1) is 5.92 Å². The molecule has 2 aromatic rings. The summed E-state index contributed by atoms with van der Waals surface area (Å²) in [6, 6.07) is 11.5. The molecule has 1 fully saturated rings. The molecule has 1 unspecified atom stereocenters. The highest BCUT2D eigenvalue weighted by atomic mass is 16.2. The van der Waals surface area contributed by atoms with Gasteiger partial charge < -0.3 is 10.2 Å². The summed E-state index contributed by atoms with van der Waals surface area (Å²) < 4.78 is 0. The summed E-state index contributed by atoms with van der Waals surface area (Å²) >= 11 is 0. The van der Waals surface area contributed by atoms with E-state index in [0.29, 0.717) is 24.6 Å². The number of rotatable bonds is 5. The lowest BCUT2D eigenvalue weighted by atomic mass is 9.65. The van der Waals surface area contributed by atoms with Gasteiger partial charge in [-0.25, -0.2) is 0 Å². The topological polar surface area (TPSA) is 62.3 Å². The Hall–Kier alpha value is -2.69. The summed E-state index contributed by atoms with van der Waals surface area (Å²) in [5, 5.41) is 3.15. The van der Waals surface area contributed by atoms with Crippen molar-refractivity contribution < 1.29 is 9.59 Å². The Kier molecular flexibility index (Phi) is 5.89. The summed E-state index contributed by atoms with van der Waals surface area (Å²) in [7, 11) is 0. The minimum Gasteiger partial charge on any atom is -0.351 e. The molecule has 5 nitrogen and oxygen atoms in total. The lowest BCUT2D eigenvalue weighted by molar-refractivity contribution is -0.127. The van der Waals surface area contributed by atoms with E-state index in [1.807, 2.05) is 41.3 Å². The van der Waals surface area contributed by atoms with Gasteiger partial charge in [0.1, 0.15) is 0 Å². The third-order valence-corrected chi connectivity index (χ3v) is 6.54. The first-order chi connectivity index (χ1) is 14.5. The van der Waals surface area contributed by atoms with E-state index in [1.165, 1.54) is 0 Å². The predicted octanol–water partition coefficient (Wildman–Crippen LogP) is 4.30. The molecule has 158 valence electrons. The van der Waals surface area contributed by atoms with Crippen LogP contribution in [-0.2, 0) is 11.3 Å². The molecule has 1 spiro atoms. The fourth-order valence-corrected chi connectivity index (χ4v) is 5.27. The van der Waals surface area contributed by atoms with Crippen molar-refractivity contribution in [1.82, 2.24) is 15.2 Å². The van der Waals surface area contributed by atoms with E-state index in [2.05, 4.69) is 24.1 Å². The van der Waals surface area contributed by atoms with Crippen molar-refractivity contribution in [2.45, 2.75) is 64.0 Å². The van der Waals surface area contributed by atoms with Gasteiger partial charge in [0.2, 0.25) is 5.91 Å². The Morgan fingerprint density at radius 1 is 1.17 bits per heavy atom. The van der Waals surface area contributed by atoms with Crippen LogP contribution in [0.3, 0.4) is 0 Å². The fraction of sp³-hybridized carbons (Fsp3) is 0.480. The number of aromatic nitrogens is 1. The van der Waals surface area contributed by atoms with Gasteiger partial charge in [-0.05, 0) is 42.0 Å². The van der Waals surface area contributed by atoms with Crippen LogP contribution < -0.4 is 5.32 Å². The smallest absolute Gasteiger partial charge is 0.254 e. The second-order valence-electron chi connectivity index (χ2n) is 9.07. The zero-order valence-electron chi connectivity index (χ0n) is 17.9. The van der Waals surface area contributed by atoms with Crippen LogP contribution in [0.15, 0.2) is 48.8 Å². The van der Waals surface area contributed by atoms with E-state index in [9.17, 15) is 9.59 Å². The van der Waals surface area contributed by atoms with Crippen LogP contribution in [-0.4, -0.2) is 33.8 Å². The maximum Gasteiger partial charge on any atom is 0.254 e. The molecule has 4 rings (SSSR count). The molecule has 30 heavy (non-hydrogen) atoms. The number of fused-ring (bicyclic) bond motifs is 1. The quantitative estimate of drug-likeness (QED) is 0.807. The minimum absolute atomic E-state index is 0.00876. The van der Waals surface area contributed by atoms with Crippen molar-refractivity contribution in [2.75, 3.05) is 6.54 Å². The first-order valence-electron chi connectivity index (χ1n) is 11.1. The molecule has 1 aliphatic carbocycles. The van der Waals surface area contributed by atoms with Gasteiger partial charge in [0.15, 0.2) is 0 Å². The Balaban J connectivity index is 1.74. The number of hydrogen-bond donors (Lipinski definition) is 1. The van der Waals surface area contributed by atoms with Crippen LogP contribution in [0.5, 0.6) is 0 Å². The molecule has 2 heterocycles. The van der Waals surface area contributed by atoms with Crippen molar-refractivity contribution in [2.24, 2.45) is 5.92 Å². The van der Waals surface area contributed by atoms with Gasteiger partial charge in [0.05, 0.1) is 11.5 Å². The number of pyridine rings is 1. The molecule has 1 N–H and O–H groups in total. The van der Waals surface area contributed by atoms with Crippen LogP contribution >= 0.6 is 0 Å². The SMILES string of the molecule is CC(C)CN1C(=O)c2ccccc2C(C(=O)NCc2cccnc2)C12CCCCC2. The normalized spacial score (nSPS) is 20.3. The highest BCUT2D eigenvalue weighted by Gasteiger charge is 2.54. The molecular weight excluding hydrogens is 374 g/mol. The molecule has 1 aliphatic heterocycles. The number of nitrogens with zero attached hydrogens (tertiary/aromatic N) is 2. The van der Waals surface area contributed by atoms with Gasteiger partial charge in [0, 0.05) is 31.0 Å². The van der Waals surface area contributed by atoms with Gasteiger partial charge >= 0.3 is 0 Å². The van der Waals surface area contributed by atoms with Crippen LogP contribution in [0.1, 0.15) is 73.4 Å². The van der Waals surface area contributed by atoms with Crippen molar-refractivity contribution in [1.29, 1.82) is 0 Å². The molecule has 5 heteroatoms. The average molecular weight is 406 g/mol. The summed E-state index contributed by atoms with van der Waals surface area (Å²) in [6.45, 7) is 5.41. The Bertz CT molecular complexity index is 904. The van der Waals surface area contributed by atoms with E-state index in [0.717, 1.165) is 43.2 Å². The number of carbonyl (C=O) groups excluding carboxylic acids is 2. The summed E-state index contributed by atoms with van der Waals surface area (Å²) in [4.78, 5) is 33.4. The molecule has 0 saturated heterocycles. The lowest BCUT2D eigenvalue weighted by Crippen LogP contribution is -2.63. The maximum atomic E-state index is 13.7. The van der Waals surface area contributed by atoms with E-state index >= 15 is 0 Å². The van der Waals surface area contributed by atoms with Gasteiger partial charge in [-0.2, -0.15) is 0 Å². The highest BCUT2D eigenvalue weighted by Crippen LogP contribution is 2.49. The number of benzene rings is 1. The second-order valence-corrected chi connectivity index (χ2v) is 9.07. The first kappa shape index (κ1) is 20.6. The van der Waals surface area contributed by atoms with E-state index in [4.69, 9.17) is 0 Å². The molecule has 0 radical (unpaired) electrons. The molecule has 0 bridgehead atoms. The van der Waals surface area contributed by atoms with Crippen molar-refractivity contribution in [3.05, 3.63) is 65.5 Å². The number of carbonyl (C=O) groups is 2. The van der Waals surface area contributed by atoms with Crippen LogP contribution in [0.4, 0.5) is 0 Å². The summed E-state index contributed by atoms with van der Waals surface area (Å²) in [6.07, 6.45) is 8.54. The predicted molar refractivity (Wildman–Crippen MR) is 117 cm³/mol. The number of nitrogens with one attached hydrogen (secondary N) is 1. The number of hydrogen-bond acceptors (Lipinski definition) is 3. The van der Waals surface area contributed by atoms with E-state index < -0.39 is 5.54 Å². The summed E-state index contributed by atoms with van der Waals surface area (Å²) in [5.74, 6) is 0.0891. The van der Waals surface area contributed by atoms with E-state index in [-0.39, 0.29) is 17.7 Å². The standard InChI is InChI=1S/C25H31N3O2/c1-18(2)17-28-24(30)21-11-5-4-10-20(21)22(25(28)12-6-3-7-13-25)23(29)27-16-19-9-8-14-26-15-19/h4-5,8-11,14-15,18,22H,3,6-7,12-13,16-17H2,1-2H3,(H,27,29). The summed E-state index contributed by atoms with van der Waals surface area (Å²) in [5.41, 5.74) is 2.10. The van der Waals surface area contributed by atoms with E-state index in [1.54, 1.807) is 12.4 Å². The molecule has 1 saturated carbocycles. The molecule has 1 atom stereocenters. The Labute approximate surface area is 178 Å². The van der Waals surface area contributed by atoms with Crippen molar-refractivity contribution in [3.8, 4) is 0 Å². The van der Waals surface area contributed by atoms with Gasteiger partial charge in [0.25, 0.3) is 5.91 Å². The number of amides is 2. The lowest BCUT2D eigenvalue weighted by Gasteiger charge is -2.54. The molecule has 1 aromatic carbocycles. The largest absolute Gasteiger partial charge is 0.351 e. The fourth-order valence-electron chi connectivity index (χ4n) is 5.27. The van der Waals surface area contributed by atoms with Gasteiger partial charge in [-0.15, -0.1) is 0 Å².